The second-order valence-electron chi connectivity index (χ2n) is 10.3. The molecule has 1 N–H and O–H groups in total. The summed E-state index contributed by atoms with van der Waals surface area (Å²) in [6.45, 7) is 5.09. The Balaban J connectivity index is 3.27. The predicted molar refractivity (Wildman–Crippen MR) is 144 cm³/mol. The summed E-state index contributed by atoms with van der Waals surface area (Å²) in [4.78, 5) is 11.8. The van der Waals surface area contributed by atoms with Crippen molar-refractivity contribution >= 4 is 5.97 Å². The Morgan fingerprint density at radius 2 is 0.909 bits per heavy atom. The van der Waals surface area contributed by atoms with E-state index in [1.807, 2.05) is 0 Å². The largest absolute Gasteiger partial charge is 0.466 e. The van der Waals surface area contributed by atoms with Crippen LogP contribution in [0.1, 0.15) is 174 Å². The Bertz CT molecular complexity index is 383. The Morgan fingerprint density at radius 3 is 1.36 bits per heavy atom. The van der Waals surface area contributed by atoms with E-state index in [0.717, 1.165) is 38.5 Å². The van der Waals surface area contributed by atoms with Crippen LogP contribution in [0.5, 0.6) is 0 Å². The summed E-state index contributed by atoms with van der Waals surface area (Å²) in [5.41, 5.74) is 0. The molecule has 3 nitrogen and oxygen atoms in total. The van der Waals surface area contributed by atoms with E-state index in [2.05, 4.69) is 13.8 Å². The molecule has 0 amide bonds. The molecule has 0 saturated heterocycles. The van der Waals surface area contributed by atoms with Crippen LogP contribution in [0, 0.1) is 0 Å². The number of aliphatic hydroxyl groups is 1. The molecule has 0 bridgehead atoms. The van der Waals surface area contributed by atoms with Crippen molar-refractivity contribution in [2.45, 2.75) is 180 Å². The predicted octanol–water partition coefficient (Wildman–Crippen LogP) is 9.68. The Labute approximate surface area is 207 Å². The van der Waals surface area contributed by atoms with E-state index >= 15 is 0 Å². The molecule has 0 fully saturated rings. The SMILES string of the molecule is CCCCCCCCCCCCCCCC(O)CCCC(=O)OCCCCCCCCCC. The number of carbonyl (C=O) groups excluding carboxylic acids is 1. The summed E-state index contributed by atoms with van der Waals surface area (Å²) in [7, 11) is 0. The average Bonchev–Trinajstić information content (AvgIpc) is 2.81. The average molecular weight is 469 g/mol. The minimum atomic E-state index is -0.252. The highest BCUT2D eigenvalue weighted by Crippen LogP contribution is 2.15. The normalized spacial score (nSPS) is 12.2. The fraction of sp³-hybridized carbons (Fsp3) is 0.967. The lowest BCUT2D eigenvalue weighted by Gasteiger charge is -2.10. The number of ether oxygens (including phenoxy) is 1. The van der Waals surface area contributed by atoms with Gasteiger partial charge in [0.25, 0.3) is 0 Å². The fourth-order valence-electron chi connectivity index (χ4n) is 4.52. The fourth-order valence-corrected chi connectivity index (χ4v) is 4.52. The molecular formula is C30H60O3. The molecule has 33 heavy (non-hydrogen) atoms. The molecule has 0 rings (SSSR count). The van der Waals surface area contributed by atoms with Crippen molar-refractivity contribution < 1.29 is 14.6 Å². The molecule has 3 heteroatoms. The number of unbranched alkanes of at least 4 members (excludes halogenated alkanes) is 19. The number of carbonyl (C=O) groups is 1. The highest BCUT2D eigenvalue weighted by Gasteiger charge is 2.07. The van der Waals surface area contributed by atoms with E-state index in [4.69, 9.17) is 4.74 Å². The van der Waals surface area contributed by atoms with Gasteiger partial charge in [-0.2, -0.15) is 0 Å². The van der Waals surface area contributed by atoms with Crippen LogP contribution < -0.4 is 0 Å². The molecule has 198 valence electrons. The zero-order valence-electron chi connectivity index (χ0n) is 22.7. The lowest BCUT2D eigenvalue weighted by Crippen LogP contribution is -2.10. The molecule has 0 spiro atoms. The van der Waals surface area contributed by atoms with Crippen molar-refractivity contribution in [2.75, 3.05) is 6.61 Å². The molecule has 0 aromatic heterocycles. The summed E-state index contributed by atoms with van der Waals surface area (Å²) in [6.07, 6.45) is 30.2. The Morgan fingerprint density at radius 1 is 0.545 bits per heavy atom. The number of aliphatic hydroxyl groups excluding tert-OH is 1. The quantitative estimate of drug-likeness (QED) is 0.0963. The number of esters is 1. The summed E-state index contributed by atoms with van der Waals surface area (Å²) in [6, 6.07) is 0. The van der Waals surface area contributed by atoms with Crippen molar-refractivity contribution in [1.29, 1.82) is 0 Å². The van der Waals surface area contributed by atoms with E-state index in [1.165, 1.54) is 116 Å². The van der Waals surface area contributed by atoms with Crippen LogP contribution >= 0.6 is 0 Å². The molecule has 0 radical (unpaired) electrons. The van der Waals surface area contributed by atoms with Crippen LogP contribution in [0.2, 0.25) is 0 Å². The minimum Gasteiger partial charge on any atom is -0.466 e. The van der Waals surface area contributed by atoms with Gasteiger partial charge in [0.15, 0.2) is 0 Å². The molecule has 0 saturated carbocycles. The van der Waals surface area contributed by atoms with Crippen molar-refractivity contribution in [1.82, 2.24) is 0 Å². The van der Waals surface area contributed by atoms with Crippen LogP contribution in [0.4, 0.5) is 0 Å². The van der Waals surface area contributed by atoms with Crippen LogP contribution in [-0.2, 0) is 9.53 Å². The van der Waals surface area contributed by atoms with E-state index < -0.39 is 0 Å². The molecule has 0 aromatic carbocycles. The minimum absolute atomic E-state index is 0.0916. The second kappa shape index (κ2) is 27.7. The molecule has 1 unspecified atom stereocenters. The van der Waals surface area contributed by atoms with Gasteiger partial charge in [0.05, 0.1) is 12.7 Å². The van der Waals surface area contributed by atoms with Gasteiger partial charge in [-0.25, -0.2) is 0 Å². The van der Waals surface area contributed by atoms with Crippen LogP contribution in [-0.4, -0.2) is 23.8 Å². The number of rotatable bonds is 27. The van der Waals surface area contributed by atoms with Gasteiger partial charge < -0.3 is 9.84 Å². The van der Waals surface area contributed by atoms with Crippen LogP contribution in [0.15, 0.2) is 0 Å². The first-order valence-corrected chi connectivity index (χ1v) is 15.0. The first kappa shape index (κ1) is 32.4. The van der Waals surface area contributed by atoms with Gasteiger partial charge in [0.1, 0.15) is 0 Å². The van der Waals surface area contributed by atoms with Gasteiger partial charge in [-0.3, -0.25) is 4.79 Å². The maximum atomic E-state index is 11.8. The zero-order valence-corrected chi connectivity index (χ0v) is 22.7. The molecule has 0 aliphatic heterocycles. The Kier molecular flexibility index (Phi) is 27.2. The lowest BCUT2D eigenvalue weighted by molar-refractivity contribution is -0.144. The van der Waals surface area contributed by atoms with Gasteiger partial charge in [0, 0.05) is 6.42 Å². The van der Waals surface area contributed by atoms with E-state index in [-0.39, 0.29) is 12.1 Å². The van der Waals surface area contributed by atoms with Gasteiger partial charge in [-0.15, -0.1) is 0 Å². The number of hydrogen-bond donors (Lipinski definition) is 1. The summed E-state index contributed by atoms with van der Waals surface area (Å²) in [5, 5.41) is 10.1. The third-order valence-electron chi connectivity index (χ3n) is 6.82. The highest BCUT2D eigenvalue weighted by molar-refractivity contribution is 5.69. The monoisotopic (exact) mass is 468 g/mol. The zero-order chi connectivity index (χ0) is 24.2. The summed E-state index contributed by atoms with van der Waals surface area (Å²) >= 11 is 0. The molecule has 0 aromatic rings. The molecular weight excluding hydrogens is 408 g/mol. The third kappa shape index (κ3) is 27.6. The third-order valence-corrected chi connectivity index (χ3v) is 6.82. The van der Waals surface area contributed by atoms with Crippen molar-refractivity contribution in [2.24, 2.45) is 0 Å². The van der Waals surface area contributed by atoms with E-state index in [1.54, 1.807) is 0 Å². The lowest BCUT2D eigenvalue weighted by atomic mass is 10.0. The second-order valence-corrected chi connectivity index (χ2v) is 10.3. The molecule has 0 aliphatic rings. The maximum absolute atomic E-state index is 11.8. The molecule has 0 aliphatic carbocycles. The first-order valence-electron chi connectivity index (χ1n) is 15.0. The van der Waals surface area contributed by atoms with E-state index in [9.17, 15) is 9.90 Å². The first-order chi connectivity index (χ1) is 16.2. The maximum Gasteiger partial charge on any atom is 0.305 e. The topological polar surface area (TPSA) is 46.5 Å². The van der Waals surface area contributed by atoms with Crippen molar-refractivity contribution in [3.8, 4) is 0 Å². The molecule has 0 heterocycles. The smallest absolute Gasteiger partial charge is 0.305 e. The van der Waals surface area contributed by atoms with E-state index in [0.29, 0.717) is 13.0 Å². The molecule has 1 atom stereocenters. The summed E-state index contributed by atoms with van der Waals surface area (Å²) < 4.78 is 5.33. The van der Waals surface area contributed by atoms with Gasteiger partial charge in [0.2, 0.25) is 0 Å². The van der Waals surface area contributed by atoms with Crippen molar-refractivity contribution in [3.63, 3.8) is 0 Å². The summed E-state index contributed by atoms with van der Waals surface area (Å²) in [5.74, 6) is -0.0916. The standard InChI is InChI=1S/C30H60O3/c1-3-5-7-9-11-13-14-15-16-17-18-20-22-25-29(31)26-24-27-30(32)33-28-23-21-19-12-10-8-6-4-2/h29,31H,3-28H2,1-2H3. The number of hydrogen-bond acceptors (Lipinski definition) is 3. The van der Waals surface area contributed by atoms with Crippen molar-refractivity contribution in [3.05, 3.63) is 0 Å². The van der Waals surface area contributed by atoms with Gasteiger partial charge in [-0.05, 0) is 25.7 Å². The Hall–Kier alpha value is -0.570. The highest BCUT2D eigenvalue weighted by atomic mass is 16.5. The van der Waals surface area contributed by atoms with Gasteiger partial charge >= 0.3 is 5.97 Å². The van der Waals surface area contributed by atoms with Crippen LogP contribution in [0.3, 0.4) is 0 Å². The van der Waals surface area contributed by atoms with Gasteiger partial charge in [-0.1, -0.05) is 142 Å². The van der Waals surface area contributed by atoms with Crippen LogP contribution in [0.25, 0.3) is 0 Å².